The zero-order chi connectivity index (χ0) is 26.6. The molecule has 2 heterocycles. The van der Waals surface area contributed by atoms with Gasteiger partial charge in [-0.25, -0.2) is 26.9 Å². The molecule has 1 aliphatic carbocycles. The van der Waals surface area contributed by atoms with E-state index < -0.39 is 32.6 Å². The zero-order valence-corrected chi connectivity index (χ0v) is 22.1. The summed E-state index contributed by atoms with van der Waals surface area (Å²) in [6.07, 6.45) is 1.23. The number of hydrogen-bond donors (Lipinski definition) is 2. The number of halogens is 2. The fourth-order valence-corrected chi connectivity index (χ4v) is 5.30. The van der Waals surface area contributed by atoms with Gasteiger partial charge in [0.15, 0.2) is 0 Å². The number of benzene rings is 2. The Balaban J connectivity index is 1.89. The Bertz CT molecular complexity index is 1880. The number of sulfonamides is 1. The molecule has 0 atom stereocenters. The second-order valence-electron chi connectivity index (χ2n) is 8.63. The highest BCUT2D eigenvalue weighted by Crippen LogP contribution is 2.34. The number of nitrogens with zero attached hydrogens (tertiary/aromatic N) is 3. The molecule has 0 aliphatic heterocycles. The van der Waals surface area contributed by atoms with Gasteiger partial charge < -0.3 is 5.32 Å². The van der Waals surface area contributed by atoms with Crippen molar-refractivity contribution in [3.8, 4) is 5.69 Å². The fourth-order valence-electron chi connectivity index (χ4n) is 4.19. The zero-order valence-electron chi connectivity index (χ0n) is 19.7. The molecule has 0 unspecified atom stereocenters. The van der Waals surface area contributed by atoms with Crippen molar-refractivity contribution in [2.24, 2.45) is 7.05 Å². The molecule has 0 saturated heterocycles. The van der Waals surface area contributed by atoms with Crippen LogP contribution in [-0.4, -0.2) is 29.2 Å². The molecule has 0 bridgehead atoms. The van der Waals surface area contributed by atoms with E-state index in [1.807, 2.05) is 0 Å². The number of anilines is 2. The summed E-state index contributed by atoms with van der Waals surface area (Å²) in [6.45, 7) is 0. The maximum Gasteiger partial charge on any atom is 0.337 e. The smallest absolute Gasteiger partial charge is 0.337 e. The third-order valence-corrected chi connectivity index (χ3v) is 8.12. The lowest BCUT2D eigenvalue weighted by molar-refractivity contribution is 0.588. The molecule has 5 rings (SSSR count). The van der Waals surface area contributed by atoms with Crippen molar-refractivity contribution >= 4 is 48.4 Å². The molecule has 37 heavy (non-hydrogen) atoms. The van der Waals surface area contributed by atoms with E-state index >= 15 is 0 Å². The SMILES string of the molecule is CNS(=O)(=O)c1cccc(-n2c(=O)n(C3CC3)c(=O)c3c(Nc4ccc(Br)cc4F)cc(=O)n(C)c32)c1. The Hall–Kier alpha value is -3.55. The predicted molar refractivity (Wildman–Crippen MR) is 141 cm³/mol. The largest absolute Gasteiger partial charge is 0.352 e. The average molecular weight is 590 g/mol. The Morgan fingerprint density at radius 2 is 1.76 bits per heavy atom. The first-order valence-corrected chi connectivity index (χ1v) is 13.5. The van der Waals surface area contributed by atoms with Crippen molar-refractivity contribution in [1.82, 2.24) is 18.4 Å². The average Bonchev–Trinajstić information content (AvgIpc) is 3.69. The number of nitrogens with one attached hydrogen (secondary N) is 2. The minimum Gasteiger partial charge on any atom is -0.352 e. The maximum atomic E-state index is 14.7. The first kappa shape index (κ1) is 25.1. The summed E-state index contributed by atoms with van der Waals surface area (Å²) in [7, 11) is -1.19. The third kappa shape index (κ3) is 4.32. The van der Waals surface area contributed by atoms with E-state index in [0.717, 1.165) is 13.7 Å². The number of fused-ring (bicyclic) bond motifs is 1. The Morgan fingerprint density at radius 3 is 2.41 bits per heavy atom. The molecule has 192 valence electrons. The van der Waals surface area contributed by atoms with Crippen LogP contribution in [0.15, 0.2) is 72.3 Å². The molecular formula is C24H21BrFN5O5S. The Kier molecular flexibility index (Phi) is 6.16. The summed E-state index contributed by atoms with van der Waals surface area (Å²) < 4.78 is 45.7. The molecule has 2 aromatic heterocycles. The molecule has 0 amide bonds. The second-order valence-corrected chi connectivity index (χ2v) is 11.4. The van der Waals surface area contributed by atoms with Crippen molar-refractivity contribution < 1.29 is 12.8 Å². The molecule has 13 heteroatoms. The number of hydrogen-bond acceptors (Lipinski definition) is 6. The maximum absolute atomic E-state index is 14.7. The molecule has 1 fully saturated rings. The van der Waals surface area contributed by atoms with Gasteiger partial charge in [-0.05, 0) is 56.3 Å². The number of aryl methyl sites for hydroxylation is 1. The van der Waals surface area contributed by atoms with Gasteiger partial charge in [0.25, 0.3) is 11.1 Å². The molecule has 2 aromatic carbocycles. The van der Waals surface area contributed by atoms with E-state index in [-0.39, 0.29) is 39.0 Å². The Morgan fingerprint density at radius 1 is 1.03 bits per heavy atom. The minimum absolute atomic E-state index is 0.0159. The highest BCUT2D eigenvalue weighted by molar-refractivity contribution is 9.10. The number of pyridine rings is 1. The van der Waals surface area contributed by atoms with Crippen LogP contribution in [0, 0.1) is 5.82 Å². The van der Waals surface area contributed by atoms with Gasteiger partial charge in [-0.1, -0.05) is 22.0 Å². The van der Waals surface area contributed by atoms with Crippen LogP contribution in [0.4, 0.5) is 15.8 Å². The van der Waals surface area contributed by atoms with Crippen LogP contribution < -0.4 is 26.8 Å². The highest BCUT2D eigenvalue weighted by Gasteiger charge is 2.31. The van der Waals surface area contributed by atoms with Crippen LogP contribution in [0.1, 0.15) is 18.9 Å². The summed E-state index contributed by atoms with van der Waals surface area (Å²) in [4.78, 5) is 40.3. The summed E-state index contributed by atoms with van der Waals surface area (Å²) in [5.41, 5.74) is -1.78. The lowest BCUT2D eigenvalue weighted by Crippen LogP contribution is -2.41. The standard InChI is InChI=1S/C24H21BrFN5O5S/c1-27-37(35,36)16-5-3-4-15(11-16)30-22-21(23(33)31(24(30)34)14-7-8-14)19(12-20(32)29(22)2)28-18-9-6-13(25)10-17(18)26/h3-6,9-12,14,27-28H,7-8H2,1-2H3. The lowest BCUT2D eigenvalue weighted by atomic mass is 10.2. The van der Waals surface area contributed by atoms with Crippen LogP contribution >= 0.6 is 15.9 Å². The number of aromatic nitrogens is 3. The van der Waals surface area contributed by atoms with Crippen LogP contribution in [0.3, 0.4) is 0 Å². The Labute approximate surface area is 218 Å². The van der Waals surface area contributed by atoms with E-state index in [9.17, 15) is 27.2 Å². The van der Waals surface area contributed by atoms with Gasteiger partial charge in [-0.2, -0.15) is 0 Å². The second kappa shape index (κ2) is 9.08. The minimum atomic E-state index is -3.85. The van der Waals surface area contributed by atoms with Crippen molar-refractivity contribution in [3.05, 3.63) is 90.0 Å². The van der Waals surface area contributed by atoms with Crippen LogP contribution in [0.2, 0.25) is 0 Å². The molecule has 10 nitrogen and oxygen atoms in total. The summed E-state index contributed by atoms with van der Waals surface area (Å²) >= 11 is 3.20. The monoisotopic (exact) mass is 589 g/mol. The van der Waals surface area contributed by atoms with Gasteiger partial charge in [0.2, 0.25) is 10.0 Å². The number of rotatable bonds is 6. The summed E-state index contributed by atoms with van der Waals surface area (Å²) in [6, 6.07) is 10.7. The van der Waals surface area contributed by atoms with Gasteiger partial charge in [0.05, 0.1) is 22.0 Å². The molecule has 4 aromatic rings. The lowest BCUT2D eigenvalue weighted by Gasteiger charge is -2.19. The quantitative estimate of drug-likeness (QED) is 0.356. The van der Waals surface area contributed by atoms with Gasteiger partial charge in [-0.3, -0.25) is 18.7 Å². The van der Waals surface area contributed by atoms with Crippen molar-refractivity contribution in [2.75, 3.05) is 12.4 Å². The van der Waals surface area contributed by atoms with Crippen molar-refractivity contribution in [1.29, 1.82) is 0 Å². The van der Waals surface area contributed by atoms with Crippen molar-refractivity contribution in [3.63, 3.8) is 0 Å². The van der Waals surface area contributed by atoms with E-state index in [1.54, 1.807) is 6.07 Å². The molecular weight excluding hydrogens is 569 g/mol. The molecule has 2 N–H and O–H groups in total. The molecule has 1 aliphatic rings. The van der Waals surface area contributed by atoms with E-state index in [1.165, 1.54) is 56.6 Å². The summed E-state index contributed by atoms with van der Waals surface area (Å²) in [5, 5.41) is 2.82. The fraction of sp³-hybridized carbons (Fsp3) is 0.208. The normalized spacial score (nSPS) is 13.7. The topological polar surface area (TPSA) is 124 Å². The van der Waals surface area contributed by atoms with Gasteiger partial charge >= 0.3 is 5.69 Å². The van der Waals surface area contributed by atoms with Gasteiger partial charge in [0, 0.05) is 23.6 Å². The van der Waals surface area contributed by atoms with E-state index in [2.05, 4.69) is 26.0 Å². The van der Waals surface area contributed by atoms with Gasteiger partial charge in [0.1, 0.15) is 16.9 Å². The molecule has 0 spiro atoms. The van der Waals surface area contributed by atoms with Crippen LogP contribution in [-0.2, 0) is 17.1 Å². The molecule has 1 saturated carbocycles. The summed E-state index contributed by atoms with van der Waals surface area (Å²) in [5.74, 6) is -0.621. The first-order valence-electron chi connectivity index (χ1n) is 11.2. The third-order valence-electron chi connectivity index (χ3n) is 6.22. The van der Waals surface area contributed by atoms with Gasteiger partial charge in [-0.15, -0.1) is 0 Å². The molecule has 0 radical (unpaired) electrons. The van der Waals surface area contributed by atoms with E-state index in [0.29, 0.717) is 17.3 Å². The first-order chi connectivity index (χ1) is 17.5. The van der Waals surface area contributed by atoms with E-state index in [4.69, 9.17) is 0 Å². The predicted octanol–water partition coefficient (Wildman–Crippen LogP) is 2.74. The van der Waals surface area contributed by atoms with Crippen LogP contribution in [0.5, 0.6) is 0 Å². The van der Waals surface area contributed by atoms with Crippen LogP contribution in [0.25, 0.3) is 16.7 Å². The van der Waals surface area contributed by atoms with Crippen molar-refractivity contribution in [2.45, 2.75) is 23.8 Å². The highest BCUT2D eigenvalue weighted by atomic mass is 79.9.